The van der Waals surface area contributed by atoms with Crippen molar-refractivity contribution in [2.45, 2.75) is 19.4 Å². The van der Waals surface area contributed by atoms with Crippen LogP contribution in [0.15, 0.2) is 12.7 Å². The van der Waals surface area contributed by atoms with E-state index >= 15 is 0 Å². The summed E-state index contributed by atoms with van der Waals surface area (Å²) in [5, 5.41) is 0. The fraction of sp³-hybridized carbons (Fsp3) is 0.667. The standard InChI is InChI=1S/C6H12O/c1-4-5-6(2)7-3/h4,6H,1,5H2,2-3H3/t6-/m1/s1. The van der Waals surface area contributed by atoms with Gasteiger partial charge in [-0.25, -0.2) is 0 Å². The lowest BCUT2D eigenvalue weighted by Crippen LogP contribution is -2.01. The maximum absolute atomic E-state index is 4.92. The minimum absolute atomic E-state index is 0.331. The number of hydrogen-bond donors (Lipinski definition) is 0. The van der Waals surface area contributed by atoms with Gasteiger partial charge in [-0.15, -0.1) is 6.58 Å². The third-order valence-electron chi connectivity index (χ3n) is 0.901. The van der Waals surface area contributed by atoms with Gasteiger partial charge in [0.15, 0.2) is 0 Å². The maximum atomic E-state index is 4.92. The minimum Gasteiger partial charge on any atom is -0.381 e. The van der Waals surface area contributed by atoms with E-state index in [0.717, 1.165) is 6.42 Å². The van der Waals surface area contributed by atoms with E-state index in [1.54, 1.807) is 7.11 Å². The molecule has 1 atom stereocenters. The molecule has 0 amide bonds. The fourth-order valence-electron chi connectivity index (χ4n) is 0.331. The summed E-state index contributed by atoms with van der Waals surface area (Å²) < 4.78 is 4.92. The first kappa shape index (κ1) is 6.70. The third-order valence-corrected chi connectivity index (χ3v) is 0.901. The molecular weight excluding hydrogens is 88.1 g/mol. The van der Waals surface area contributed by atoms with Crippen LogP contribution >= 0.6 is 0 Å². The highest BCUT2D eigenvalue weighted by Crippen LogP contribution is 1.92. The molecule has 0 unspecified atom stereocenters. The molecule has 0 saturated heterocycles. The smallest absolute Gasteiger partial charge is 0.0577 e. The zero-order chi connectivity index (χ0) is 5.70. The lowest BCUT2D eigenvalue weighted by Gasteiger charge is -2.02. The van der Waals surface area contributed by atoms with Crippen LogP contribution in [0.1, 0.15) is 13.3 Å². The van der Waals surface area contributed by atoms with Gasteiger partial charge in [-0.1, -0.05) is 6.08 Å². The van der Waals surface area contributed by atoms with Crippen LogP contribution in [0.25, 0.3) is 0 Å². The van der Waals surface area contributed by atoms with Crippen molar-refractivity contribution in [3.8, 4) is 0 Å². The fourth-order valence-corrected chi connectivity index (χ4v) is 0.331. The molecule has 0 N–H and O–H groups in total. The van der Waals surface area contributed by atoms with Crippen molar-refractivity contribution in [2.75, 3.05) is 7.11 Å². The summed E-state index contributed by atoms with van der Waals surface area (Å²) >= 11 is 0. The molecule has 0 rings (SSSR count). The quantitative estimate of drug-likeness (QED) is 0.489. The van der Waals surface area contributed by atoms with Gasteiger partial charge in [0.05, 0.1) is 6.10 Å². The second-order valence-corrected chi connectivity index (χ2v) is 1.57. The Bertz CT molecular complexity index is 50.1. The molecule has 1 heteroatoms. The summed E-state index contributed by atoms with van der Waals surface area (Å²) in [6.07, 6.45) is 3.13. The second kappa shape index (κ2) is 3.88. The molecule has 0 heterocycles. The zero-order valence-corrected chi connectivity index (χ0v) is 4.98. The van der Waals surface area contributed by atoms with Crippen molar-refractivity contribution in [2.24, 2.45) is 0 Å². The van der Waals surface area contributed by atoms with Crippen LogP contribution in [-0.2, 0) is 4.74 Å². The van der Waals surface area contributed by atoms with E-state index in [1.165, 1.54) is 0 Å². The van der Waals surface area contributed by atoms with Crippen LogP contribution in [0.5, 0.6) is 0 Å². The molecule has 0 aromatic rings. The first-order valence-electron chi connectivity index (χ1n) is 2.45. The Hall–Kier alpha value is -0.300. The Kier molecular flexibility index (Phi) is 3.71. The average Bonchev–Trinajstić information content (AvgIpc) is 1.68. The molecule has 0 fully saturated rings. The highest BCUT2D eigenvalue weighted by atomic mass is 16.5. The Morgan fingerprint density at radius 1 is 1.86 bits per heavy atom. The van der Waals surface area contributed by atoms with Gasteiger partial charge in [0.1, 0.15) is 0 Å². The molecule has 0 radical (unpaired) electrons. The molecular formula is C6H12O. The highest BCUT2D eigenvalue weighted by Gasteiger charge is 1.90. The summed E-state index contributed by atoms with van der Waals surface area (Å²) in [4.78, 5) is 0. The number of rotatable bonds is 3. The van der Waals surface area contributed by atoms with E-state index in [9.17, 15) is 0 Å². The van der Waals surface area contributed by atoms with Crippen LogP contribution in [0.4, 0.5) is 0 Å². The molecule has 42 valence electrons. The van der Waals surface area contributed by atoms with Gasteiger partial charge >= 0.3 is 0 Å². The van der Waals surface area contributed by atoms with E-state index in [0.29, 0.717) is 6.10 Å². The summed E-state index contributed by atoms with van der Waals surface area (Å²) in [5.74, 6) is 0. The number of hydrogen-bond acceptors (Lipinski definition) is 1. The lowest BCUT2D eigenvalue weighted by molar-refractivity contribution is 0.121. The number of methoxy groups -OCH3 is 1. The summed E-state index contributed by atoms with van der Waals surface area (Å²) in [6.45, 7) is 5.58. The molecule has 1 nitrogen and oxygen atoms in total. The van der Waals surface area contributed by atoms with Gasteiger partial charge in [0.2, 0.25) is 0 Å². The molecule has 0 aliphatic carbocycles. The van der Waals surface area contributed by atoms with Gasteiger partial charge < -0.3 is 4.74 Å². The first-order chi connectivity index (χ1) is 3.31. The summed E-state index contributed by atoms with van der Waals surface area (Å²) in [6, 6.07) is 0. The van der Waals surface area contributed by atoms with Crippen molar-refractivity contribution < 1.29 is 4.74 Å². The second-order valence-electron chi connectivity index (χ2n) is 1.57. The van der Waals surface area contributed by atoms with E-state index in [2.05, 4.69) is 6.58 Å². The van der Waals surface area contributed by atoms with Crippen molar-refractivity contribution in [3.63, 3.8) is 0 Å². The molecule has 0 bridgehead atoms. The van der Waals surface area contributed by atoms with Crippen LogP contribution in [-0.4, -0.2) is 13.2 Å². The van der Waals surface area contributed by atoms with Gasteiger partial charge in [-0.3, -0.25) is 0 Å². The molecule has 7 heavy (non-hydrogen) atoms. The Morgan fingerprint density at radius 2 is 2.43 bits per heavy atom. The van der Waals surface area contributed by atoms with Crippen molar-refractivity contribution in [1.29, 1.82) is 0 Å². The number of ether oxygens (including phenoxy) is 1. The van der Waals surface area contributed by atoms with Crippen LogP contribution in [0.3, 0.4) is 0 Å². The van der Waals surface area contributed by atoms with E-state index < -0.39 is 0 Å². The first-order valence-corrected chi connectivity index (χ1v) is 2.45. The minimum atomic E-state index is 0.331. The summed E-state index contributed by atoms with van der Waals surface area (Å²) in [5.41, 5.74) is 0. The molecule has 0 spiro atoms. The maximum Gasteiger partial charge on any atom is 0.0577 e. The monoisotopic (exact) mass is 100 g/mol. The average molecular weight is 100 g/mol. The normalized spacial score (nSPS) is 13.4. The van der Waals surface area contributed by atoms with Gasteiger partial charge in [-0.05, 0) is 13.3 Å². The van der Waals surface area contributed by atoms with Crippen molar-refractivity contribution in [1.82, 2.24) is 0 Å². The summed E-state index contributed by atoms with van der Waals surface area (Å²) in [7, 11) is 1.70. The van der Waals surface area contributed by atoms with Crippen LogP contribution in [0, 0.1) is 0 Å². The molecule has 0 aliphatic rings. The van der Waals surface area contributed by atoms with Crippen LogP contribution in [0.2, 0.25) is 0 Å². The predicted molar refractivity (Wildman–Crippen MR) is 31.3 cm³/mol. The Labute approximate surface area is 45.0 Å². The SMILES string of the molecule is C=CC[C@@H](C)OC. The highest BCUT2D eigenvalue weighted by molar-refractivity contribution is 4.69. The zero-order valence-electron chi connectivity index (χ0n) is 4.98. The largest absolute Gasteiger partial charge is 0.381 e. The Balaban J connectivity index is 2.98. The van der Waals surface area contributed by atoms with Crippen molar-refractivity contribution in [3.05, 3.63) is 12.7 Å². The van der Waals surface area contributed by atoms with Gasteiger partial charge in [0, 0.05) is 7.11 Å². The van der Waals surface area contributed by atoms with E-state index in [4.69, 9.17) is 4.74 Å². The molecule has 0 aliphatic heterocycles. The van der Waals surface area contributed by atoms with E-state index in [1.807, 2.05) is 13.0 Å². The Morgan fingerprint density at radius 3 is 2.57 bits per heavy atom. The topological polar surface area (TPSA) is 9.23 Å². The van der Waals surface area contributed by atoms with Crippen molar-refractivity contribution >= 4 is 0 Å². The third kappa shape index (κ3) is 3.53. The van der Waals surface area contributed by atoms with Crippen LogP contribution < -0.4 is 0 Å². The molecule has 0 aromatic heterocycles. The predicted octanol–water partition coefficient (Wildman–Crippen LogP) is 1.60. The molecule has 0 aromatic carbocycles. The van der Waals surface area contributed by atoms with E-state index in [-0.39, 0.29) is 0 Å². The lowest BCUT2D eigenvalue weighted by atomic mass is 10.3. The molecule has 0 saturated carbocycles. The van der Waals surface area contributed by atoms with Gasteiger partial charge in [-0.2, -0.15) is 0 Å². The van der Waals surface area contributed by atoms with Gasteiger partial charge in [0.25, 0.3) is 0 Å².